The monoisotopic (exact) mass is 293 g/mol. The topological polar surface area (TPSA) is 77.8 Å². The number of amides is 1. The zero-order chi connectivity index (χ0) is 15.0. The van der Waals surface area contributed by atoms with Crippen LogP contribution in [0.3, 0.4) is 0 Å². The summed E-state index contributed by atoms with van der Waals surface area (Å²) in [6.45, 7) is 1.58. The van der Waals surface area contributed by atoms with E-state index in [1.165, 1.54) is 22.3 Å². The molecule has 0 saturated carbocycles. The minimum atomic E-state index is -0.943. The molecule has 106 valence electrons. The van der Waals surface area contributed by atoms with Crippen LogP contribution in [0, 0.1) is 0 Å². The van der Waals surface area contributed by atoms with Crippen LogP contribution in [0.1, 0.15) is 28.8 Å². The molecule has 1 heterocycles. The first-order valence-corrected chi connectivity index (χ1v) is 6.89. The molecule has 1 unspecified atom stereocenters. The third kappa shape index (κ3) is 2.34. The molecule has 5 nitrogen and oxygen atoms in total. The summed E-state index contributed by atoms with van der Waals surface area (Å²) in [4.78, 5) is 24.8. The number of carboxylic acid groups (broad SMARTS) is 1. The fourth-order valence-electron chi connectivity index (χ4n) is 2.04. The third-order valence-electron chi connectivity index (χ3n) is 3.16. The highest BCUT2D eigenvalue weighted by molar-refractivity contribution is 7.17. The van der Waals surface area contributed by atoms with Gasteiger partial charge in [0.2, 0.25) is 0 Å². The van der Waals surface area contributed by atoms with E-state index in [0.29, 0.717) is 21.2 Å². The minimum absolute atomic E-state index is 0.000854. The Morgan fingerprint density at radius 1 is 1.30 bits per heavy atom. The van der Waals surface area contributed by atoms with E-state index in [0.717, 1.165) is 0 Å². The van der Waals surface area contributed by atoms with E-state index in [2.05, 4.69) is 0 Å². The zero-order valence-electron chi connectivity index (χ0n) is 11.4. The van der Waals surface area contributed by atoms with Crippen LogP contribution in [0.4, 0.5) is 0 Å². The molecule has 20 heavy (non-hydrogen) atoms. The molecule has 2 rings (SSSR count). The molecule has 0 aliphatic rings. The van der Waals surface area contributed by atoms with E-state index in [9.17, 15) is 14.7 Å². The number of phenolic OH excluding ortho intramolecular Hbond substituents is 1. The Labute approximate surface area is 120 Å². The van der Waals surface area contributed by atoms with E-state index in [4.69, 9.17) is 5.11 Å². The first-order chi connectivity index (χ1) is 9.32. The average Bonchev–Trinajstić information content (AvgIpc) is 2.79. The molecule has 1 aromatic carbocycles. The van der Waals surface area contributed by atoms with E-state index in [1.54, 1.807) is 32.5 Å². The zero-order valence-corrected chi connectivity index (χ0v) is 12.2. The molecule has 2 aromatic rings. The van der Waals surface area contributed by atoms with Gasteiger partial charge in [-0.2, -0.15) is 0 Å². The van der Waals surface area contributed by atoms with Crippen LogP contribution in [0.2, 0.25) is 0 Å². The molecule has 0 bridgehead atoms. The molecule has 0 saturated heterocycles. The molecule has 6 heteroatoms. The van der Waals surface area contributed by atoms with Crippen molar-refractivity contribution in [1.29, 1.82) is 0 Å². The molecule has 0 radical (unpaired) electrons. The van der Waals surface area contributed by atoms with Crippen molar-refractivity contribution >= 4 is 33.3 Å². The van der Waals surface area contributed by atoms with Crippen molar-refractivity contribution in [3.63, 3.8) is 0 Å². The van der Waals surface area contributed by atoms with Gasteiger partial charge in [0.25, 0.3) is 5.91 Å². The molecular weight excluding hydrogens is 278 g/mol. The van der Waals surface area contributed by atoms with Crippen LogP contribution < -0.4 is 0 Å². The van der Waals surface area contributed by atoms with Gasteiger partial charge < -0.3 is 15.1 Å². The number of thiophene rings is 1. The van der Waals surface area contributed by atoms with Gasteiger partial charge in [-0.1, -0.05) is 0 Å². The third-order valence-corrected chi connectivity index (χ3v) is 4.11. The van der Waals surface area contributed by atoms with Crippen molar-refractivity contribution in [2.45, 2.75) is 12.8 Å². The summed E-state index contributed by atoms with van der Waals surface area (Å²) in [5, 5.41) is 21.2. The summed E-state index contributed by atoms with van der Waals surface area (Å²) in [7, 11) is 3.23. The number of benzene rings is 1. The lowest BCUT2D eigenvalue weighted by Gasteiger charge is -2.14. The van der Waals surface area contributed by atoms with Gasteiger partial charge in [-0.3, -0.25) is 9.59 Å². The van der Waals surface area contributed by atoms with Gasteiger partial charge >= 0.3 is 5.97 Å². The lowest BCUT2D eigenvalue weighted by molar-refractivity contribution is -0.138. The molecule has 1 amide bonds. The molecule has 1 atom stereocenters. The molecule has 1 aromatic heterocycles. The Kier molecular flexibility index (Phi) is 3.67. The number of aromatic hydroxyl groups is 1. The van der Waals surface area contributed by atoms with Crippen molar-refractivity contribution in [2.75, 3.05) is 14.1 Å². The average molecular weight is 293 g/mol. The molecule has 0 spiro atoms. The summed E-state index contributed by atoms with van der Waals surface area (Å²) in [6, 6.07) is 2.93. The van der Waals surface area contributed by atoms with E-state index in [-0.39, 0.29) is 11.7 Å². The number of rotatable bonds is 3. The van der Waals surface area contributed by atoms with Crippen LogP contribution in [0.15, 0.2) is 17.5 Å². The van der Waals surface area contributed by atoms with Gasteiger partial charge in [0, 0.05) is 24.2 Å². The number of carbonyl (C=O) groups excluding carboxylic acids is 1. The molecular formula is C14H15NO4S. The maximum atomic E-state index is 12.2. The highest BCUT2D eigenvalue weighted by Gasteiger charge is 2.23. The number of aliphatic carboxylic acids is 1. The normalized spacial score (nSPS) is 12.3. The standard InChI is InChI=1S/C14H15NO4S/c1-7(14(18)19)10-6-20-11-5-8(16)4-9(12(10)11)13(17)15(2)3/h4-7,16H,1-3H3,(H,18,19). The van der Waals surface area contributed by atoms with E-state index < -0.39 is 11.9 Å². The SMILES string of the molecule is CC(C(=O)O)c1csc2cc(O)cc(C(=O)N(C)C)c12. The fraction of sp³-hybridized carbons (Fsp3) is 0.286. The van der Waals surface area contributed by atoms with Crippen LogP contribution in [0.25, 0.3) is 10.1 Å². The Morgan fingerprint density at radius 3 is 2.50 bits per heavy atom. The summed E-state index contributed by atoms with van der Waals surface area (Å²) >= 11 is 1.32. The van der Waals surface area contributed by atoms with Crippen molar-refractivity contribution in [2.24, 2.45) is 0 Å². The Hall–Kier alpha value is -2.08. The van der Waals surface area contributed by atoms with E-state index in [1.807, 2.05) is 0 Å². The molecule has 2 N–H and O–H groups in total. The minimum Gasteiger partial charge on any atom is -0.508 e. The number of hydrogen-bond acceptors (Lipinski definition) is 4. The van der Waals surface area contributed by atoms with Crippen LogP contribution in [0.5, 0.6) is 5.75 Å². The van der Waals surface area contributed by atoms with Gasteiger partial charge in [0.05, 0.1) is 11.5 Å². The van der Waals surface area contributed by atoms with Crippen molar-refractivity contribution in [3.05, 3.63) is 28.6 Å². The largest absolute Gasteiger partial charge is 0.508 e. The van der Waals surface area contributed by atoms with Crippen molar-refractivity contribution in [1.82, 2.24) is 4.90 Å². The number of fused-ring (bicyclic) bond motifs is 1. The summed E-state index contributed by atoms with van der Waals surface area (Å²) < 4.78 is 0.707. The van der Waals surface area contributed by atoms with Gasteiger partial charge in [-0.05, 0) is 30.0 Å². The fourth-order valence-corrected chi connectivity index (χ4v) is 3.15. The molecule has 0 fully saturated rings. The predicted molar refractivity (Wildman–Crippen MR) is 77.6 cm³/mol. The van der Waals surface area contributed by atoms with Crippen LogP contribution in [-0.2, 0) is 4.79 Å². The maximum Gasteiger partial charge on any atom is 0.310 e. The van der Waals surface area contributed by atoms with Crippen LogP contribution in [-0.4, -0.2) is 41.1 Å². The molecule has 0 aliphatic heterocycles. The highest BCUT2D eigenvalue weighted by Crippen LogP contribution is 2.36. The van der Waals surface area contributed by atoms with Gasteiger partial charge in [0.15, 0.2) is 0 Å². The summed E-state index contributed by atoms with van der Waals surface area (Å²) in [6.07, 6.45) is 0. The lowest BCUT2D eigenvalue weighted by Crippen LogP contribution is -2.22. The number of phenols is 1. The summed E-state index contributed by atoms with van der Waals surface area (Å²) in [5.41, 5.74) is 0.928. The first kappa shape index (κ1) is 14.3. The summed E-state index contributed by atoms with van der Waals surface area (Å²) in [5.74, 6) is -1.91. The van der Waals surface area contributed by atoms with Crippen molar-refractivity contribution < 1.29 is 19.8 Å². The van der Waals surface area contributed by atoms with Crippen molar-refractivity contribution in [3.8, 4) is 5.75 Å². The second-order valence-electron chi connectivity index (χ2n) is 4.82. The smallest absolute Gasteiger partial charge is 0.310 e. The Morgan fingerprint density at radius 2 is 1.95 bits per heavy atom. The van der Waals surface area contributed by atoms with E-state index >= 15 is 0 Å². The quantitative estimate of drug-likeness (QED) is 0.911. The molecule has 0 aliphatic carbocycles. The predicted octanol–water partition coefficient (Wildman–Crippen LogP) is 2.50. The second-order valence-corrected chi connectivity index (χ2v) is 5.73. The number of carboxylic acids is 1. The second kappa shape index (κ2) is 5.13. The number of carbonyl (C=O) groups is 2. The van der Waals surface area contributed by atoms with Gasteiger partial charge in [-0.15, -0.1) is 11.3 Å². The number of hydrogen-bond donors (Lipinski definition) is 2. The lowest BCUT2D eigenvalue weighted by atomic mass is 9.96. The first-order valence-electron chi connectivity index (χ1n) is 6.01. The Bertz CT molecular complexity index is 690. The Balaban J connectivity index is 2.75. The maximum absolute atomic E-state index is 12.2. The van der Waals surface area contributed by atoms with Gasteiger partial charge in [-0.25, -0.2) is 0 Å². The van der Waals surface area contributed by atoms with Gasteiger partial charge in [0.1, 0.15) is 5.75 Å². The highest BCUT2D eigenvalue weighted by atomic mass is 32.1. The number of nitrogens with zero attached hydrogens (tertiary/aromatic N) is 1. The van der Waals surface area contributed by atoms with Crippen LogP contribution >= 0.6 is 11.3 Å².